The van der Waals surface area contributed by atoms with Crippen LogP contribution < -0.4 is 0 Å². The number of benzene rings is 2. The maximum absolute atomic E-state index is 8.98. The second kappa shape index (κ2) is 5.92. The Balaban J connectivity index is 1.67. The Kier molecular flexibility index (Phi) is 3.46. The number of aromatic nitrogens is 3. The fourth-order valence-electron chi connectivity index (χ4n) is 2.64. The molecule has 5 nitrogen and oxygen atoms in total. The van der Waals surface area contributed by atoms with Gasteiger partial charge in [-0.25, -0.2) is 4.98 Å². The van der Waals surface area contributed by atoms with Gasteiger partial charge in [0.25, 0.3) is 0 Å². The van der Waals surface area contributed by atoms with Gasteiger partial charge in [-0.2, -0.15) is 10.5 Å². The summed E-state index contributed by atoms with van der Waals surface area (Å²) in [7, 11) is 0. The van der Waals surface area contributed by atoms with E-state index >= 15 is 0 Å². The summed E-state index contributed by atoms with van der Waals surface area (Å²) in [4.78, 5) is 12.1. The molecule has 0 aliphatic carbocycles. The van der Waals surface area contributed by atoms with Crippen LogP contribution >= 0.6 is 0 Å². The van der Waals surface area contributed by atoms with Crippen molar-refractivity contribution in [1.82, 2.24) is 15.0 Å². The van der Waals surface area contributed by atoms with Crippen molar-refractivity contribution in [3.8, 4) is 34.8 Å². The maximum atomic E-state index is 8.98. The lowest BCUT2D eigenvalue weighted by molar-refractivity contribution is 1.30. The first-order valence-electron chi connectivity index (χ1n) is 7.63. The van der Waals surface area contributed by atoms with Gasteiger partial charge in [0.2, 0.25) is 0 Å². The number of rotatable bonds is 2. The van der Waals surface area contributed by atoms with E-state index in [4.69, 9.17) is 10.5 Å². The third-order valence-electron chi connectivity index (χ3n) is 3.96. The van der Waals surface area contributed by atoms with E-state index in [-0.39, 0.29) is 0 Å². The van der Waals surface area contributed by atoms with Gasteiger partial charge in [0.1, 0.15) is 11.9 Å². The Labute approximate surface area is 143 Å². The average molecular weight is 321 g/mol. The summed E-state index contributed by atoms with van der Waals surface area (Å²) in [6, 6.07) is 21.0. The van der Waals surface area contributed by atoms with Crippen molar-refractivity contribution < 1.29 is 0 Å². The first kappa shape index (κ1) is 14.6. The SMILES string of the molecule is N#Cc1ccc(-c2ccc(-c3nc4cc(C#N)ccc4[nH]3)cc2)nc1. The molecule has 2 aromatic heterocycles. The van der Waals surface area contributed by atoms with E-state index in [1.54, 1.807) is 24.4 Å². The number of H-pyrrole nitrogens is 1. The summed E-state index contributed by atoms with van der Waals surface area (Å²) in [5.74, 6) is 0.754. The summed E-state index contributed by atoms with van der Waals surface area (Å²) >= 11 is 0. The molecule has 1 N–H and O–H groups in total. The van der Waals surface area contributed by atoms with Gasteiger partial charge in [-0.15, -0.1) is 0 Å². The molecule has 0 bridgehead atoms. The number of nitrogens with one attached hydrogen (secondary N) is 1. The smallest absolute Gasteiger partial charge is 0.138 e. The highest BCUT2D eigenvalue weighted by atomic mass is 14.9. The Morgan fingerprint density at radius 2 is 1.52 bits per heavy atom. The number of pyridine rings is 1. The van der Waals surface area contributed by atoms with E-state index in [2.05, 4.69) is 27.1 Å². The zero-order valence-corrected chi connectivity index (χ0v) is 13.1. The molecule has 0 fully saturated rings. The highest BCUT2D eigenvalue weighted by molar-refractivity contribution is 5.81. The number of hydrogen-bond donors (Lipinski definition) is 1. The third-order valence-corrected chi connectivity index (χ3v) is 3.96. The molecular formula is C20H11N5. The fraction of sp³-hybridized carbons (Fsp3) is 0. The summed E-state index contributed by atoms with van der Waals surface area (Å²) < 4.78 is 0. The lowest BCUT2D eigenvalue weighted by atomic mass is 10.1. The summed E-state index contributed by atoms with van der Waals surface area (Å²) in [5, 5.41) is 17.8. The molecule has 4 rings (SSSR count). The monoisotopic (exact) mass is 321 g/mol. The van der Waals surface area contributed by atoms with Crippen molar-refractivity contribution in [3.05, 3.63) is 71.9 Å². The second-order valence-electron chi connectivity index (χ2n) is 5.55. The molecule has 0 aliphatic heterocycles. The molecule has 0 unspecified atom stereocenters. The minimum Gasteiger partial charge on any atom is -0.338 e. The normalized spacial score (nSPS) is 10.3. The molecular weight excluding hydrogens is 310 g/mol. The minimum absolute atomic E-state index is 0.541. The van der Waals surface area contributed by atoms with Crippen LogP contribution in [0.3, 0.4) is 0 Å². The molecule has 0 radical (unpaired) electrons. The van der Waals surface area contributed by atoms with Crippen molar-refractivity contribution in [1.29, 1.82) is 10.5 Å². The first-order valence-corrected chi connectivity index (χ1v) is 7.63. The van der Waals surface area contributed by atoms with E-state index in [1.807, 2.05) is 36.4 Å². The minimum atomic E-state index is 0.541. The maximum Gasteiger partial charge on any atom is 0.138 e. The van der Waals surface area contributed by atoms with Crippen LogP contribution in [-0.2, 0) is 0 Å². The quantitative estimate of drug-likeness (QED) is 0.603. The van der Waals surface area contributed by atoms with Crippen molar-refractivity contribution in [2.24, 2.45) is 0 Å². The second-order valence-corrected chi connectivity index (χ2v) is 5.55. The van der Waals surface area contributed by atoms with Gasteiger partial charge < -0.3 is 4.98 Å². The van der Waals surface area contributed by atoms with Crippen LogP contribution in [0.2, 0.25) is 0 Å². The third kappa shape index (κ3) is 2.71. The Morgan fingerprint density at radius 1 is 0.800 bits per heavy atom. The number of imidazole rings is 1. The molecule has 116 valence electrons. The number of nitrogens with zero attached hydrogens (tertiary/aromatic N) is 4. The van der Waals surface area contributed by atoms with Crippen LogP contribution in [0.25, 0.3) is 33.7 Å². The zero-order valence-electron chi connectivity index (χ0n) is 13.1. The van der Waals surface area contributed by atoms with Gasteiger partial charge in [-0.3, -0.25) is 4.98 Å². The van der Waals surface area contributed by atoms with Crippen molar-refractivity contribution in [3.63, 3.8) is 0 Å². The highest BCUT2D eigenvalue weighted by Gasteiger charge is 2.07. The van der Waals surface area contributed by atoms with E-state index in [9.17, 15) is 0 Å². The van der Waals surface area contributed by atoms with Gasteiger partial charge in [0.15, 0.2) is 0 Å². The highest BCUT2D eigenvalue weighted by Crippen LogP contribution is 2.24. The number of aromatic amines is 1. The molecule has 2 heterocycles. The summed E-state index contributed by atoms with van der Waals surface area (Å²) in [6.07, 6.45) is 1.56. The van der Waals surface area contributed by atoms with Gasteiger partial charge in [0, 0.05) is 17.3 Å². The Morgan fingerprint density at radius 3 is 2.20 bits per heavy atom. The molecule has 0 aliphatic rings. The van der Waals surface area contributed by atoms with Crippen LogP contribution in [0.5, 0.6) is 0 Å². The molecule has 0 saturated heterocycles. The molecule has 2 aromatic carbocycles. The van der Waals surface area contributed by atoms with Crippen LogP contribution in [-0.4, -0.2) is 15.0 Å². The predicted octanol–water partition coefficient (Wildman–Crippen LogP) is 4.04. The van der Waals surface area contributed by atoms with Crippen LogP contribution in [0.15, 0.2) is 60.8 Å². The molecule has 0 spiro atoms. The molecule has 0 saturated carbocycles. The van der Waals surface area contributed by atoms with Gasteiger partial charge >= 0.3 is 0 Å². The van der Waals surface area contributed by atoms with E-state index in [1.165, 1.54) is 0 Å². The van der Waals surface area contributed by atoms with Crippen molar-refractivity contribution in [2.75, 3.05) is 0 Å². The topological polar surface area (TPSA) is 89.1 Å². The molecule has 4 aromatic rings. The number of fused-ring (bicyclic) bond motifs is 1. The first-order chi connectivity index (χ1) is 12.3. The van der Waals surface area contributed by atoms with Crippen LogP contribution in [0.4, 0.5) is 0 Å². The fourth-order valence-corrected chi connectivity index (χ4v) is 2.64. The number of nitriles is 2. The number of hydrogen-bond acceptors (Lipinski definition) is 4. The predicted molar refractivity (Wildman–Crippen MR) is 94.2 cm³/mol. The van der Waals surface area contributed by atoms with Crippen LogP contribution in [0, 0.1) is 22.7 Å². The van der Waals surface area contributed by atoms with Crippen LogP contribution in [0.1, 0.15) is 11.1 Å². The lowest BCUT2D eigenvalue weighted by Gasteiger charge is -2.02. The van der Waals surface area contributed by atoms with E-state index < -0.39 is 0 Å². The van der Waals surface area contributed by atoms with Gasteiger partial charge in [0.05, 0.1) is 33.9 Å². The zero-order chi connectivity index (χ0) is 17.2. The summed E-state index contributed by atoms with van der Waals surface area (Å²) in [5.41, 5.74) is 5.53. The Bertz CT molecular complexity index is 1140. The molecule has 25 heavy (non-hydrogen) atoms. The van der Waals surface area contributed by atoms with Crippen molar-refractivity contribution >= 4 is 11.0 Å². The molecule has 5 heteroatoms. The largest absolute Gasteiger partial charge is 0.338 e. The average Bonchev–Trinajstić information content (AvgIpc) is 3.11. The lowest BCUT2D eigenvalue weighted by Crippen LogP contribution is -1.86. The Hall–Kier alpha value is -3.96. The molecule has 0 atom stereocenters. The summed E-state index contributed by atoms with van der Waals surface area (Å²) in [6.45, 7) is 0. The van der Waals surface area contributed by atoms with E-state index in [0.29, 0.717) is 11.1 Å². The van der Waals surface area contributed by atoms with Gasteiger partial charge in [-0.05, 0) is 30.3 Å². The van der Waals surface area contributed by atoms with Crippen molar-refractivity contribution in [2.45, 2.75) is 0 Å². The molecule has 0 amide bonds. The van der Waals surface area contributed by atoms with Gasteiger partial charge in [-0.1, -0.05) is 24.3 Å². The standard InChI is InChI=1S/C20H11N5/c21-10-13-1-8-18-19(9-13)25-20(24-18)16-5-3-15(4-6-16)17-7-2-14(11-22)12-23-17/h1-9,12H,(H,24,25). The van der Waals surface area contributed by atoms with E-state index in [0.717, 1.165) is 33.7 Å².